The molecule has 176 valence electrons. The van der Waals surface area contributed by atoms with Crippen LogP contribution in [0.3, 0.4) is 0 Å². The van der Waals surface area contributed by atoms with Crippen LogP contribution in [0, 0.1) is 0 Å². The number of anilines is 3. The molecular weight excluding hydrogens is 436 g/mol. The number of benzene rings is 3. The summed E-state index contributed by atoms with van der Waals surface area (Å²) in [5.74, 6) is 0. The first-order chi connectivity index (χ1) is 16.2. The molecule has 0 aliphatic carbocycles. The first-order valence-corrected chi connectivity index (χ1v) is 16.2. The molecule has 0 radical (unpaired) electrons. The molecule has 3 aromatic rings. The molecule has 0 heterocycles. The molecule has 0 aliphatic heterocycles. The van der Waals surface area contributed by atoms with E-state index in [-0.39, 0.29) is 15.8 Å². The van der Waals surface area contributed by atoms with Crippen LogP contribution in [0.25, 0.3) is 0 Å². The zero-order valence-corrected chi connectivity index (χ0v) is 22.8. The minimum absolute atomic E-state index is 0.165. The van der Waals surface area contributed by atoms with Crippen LogP contribution in [0.15, 0.2) is 78.9 Å². The maximum absolute atomic E-state index is 2.58. The predicted octanol–water partition coefficient (Wildman–Crippen LogP) is 9.01. The Morgan fingerprint density at radius 3 is 1.24 bits per heavy atom. The Balaban J connectivity index is 2.22. The van der Waals surface area contributed by atoms with E-state index in [9.17, 15) is 0 Å². The number of para-hydroxylation sites is 3. The summed E-state index contributed by atoms with van der Waals surface area (Å²) in [6.45, 7) is 9.34. The minimum Gasteiger partial charge on any atom is -0.309 e. The smallest absolute Gasteiger partial charge is 0.0538 e. The van der Waals surface area contributed by atoms with Crippen LogP contribution in [-0.4, -0.2) is 24.6 Å². The van der Waals surface area contributed by atoms with E-state index in [1.165, 1.54) is 67.4 Å². The van der Waals surface area contributed by atoms with Gasteiger partial charge in [-0.1, -0.05) is 124 Å². The zero-order chi connectivity index (χ0) is 23.5. The molecule has 0 saturated carbocycles. The average molecular weight is 478 g/mol. The largest absolute Gasteiger partial charge is 0.309 e. The lowest BCUT2D eigenvalue weighted by Crippen LogP contribution is -2.24. The molecule has 1 nitrogen and oxygen atoms in total. The topological polar surface area (TPSA) is 3.24 Å². The summed E-state index contributed by atoms with van der Waals surface area (Å²) in [5, 5.41) is 3.12. The number of hydrogen-bond donors (Lipinski definition) is 0. The van der Waals surface area contributed by atoms with E-state index in [0.29, 0.717) is 0 Å². The SMILES string of the molecule is CCCP(CCC)c1ccccc1N(c1ccccc1)c1ccccc1P(CCC)CCC. The third-order valence-corrected chi connectivity index (χ3v) is 12.0. The highest BCUT2D eigenvalue weighted by atomic mass is 31.1. The molecule has 0 spiro atoms. The summed E-state index contributed by atoms with van der Waals surface area (Å²) >= 11 is 0. The quantitative estimate of drug-likeness (QED) is 0.222. The third kappa shape index (κ3) is 6.68. The molecule has 3 heteroatoms. The fourth-order valence-electron chi connectivity index (χ4n) is 4.61. The Bertz CT molecular complexity index is 885. The van der Waals surface area contributed by atoms with Crippen molar-refractivity contribution >= 4 is 43.5 Å². The van der Waals surface area contributed by atoms with Gasteiger partial charge in [0.2, 0.25) is 0 Å². The summed E-state index contributed by atoms with van der Waals surface area (Å²) in [6.07, 6.45) is 10.2. The van der Waals surface area contributed by atoms with E-state index in [2.05, 4.69) is 111 Å². The maximum atomic E-state index is 2.58. The van der Waals surface area contributed by atoms with Crippen LogP contribution in [0.4, 0.5) is 17.1 Å². The molecule has 0 fully saturated rings. The Morgan fingerprint density at radius 2 is 0.848 bits per heavy atom. The van der Waals surface area contributed by atoms with Crippen LogP contribution in [0.2, 0.25) is 0 Å². The van der Waals surface area contributed by atoms with E-state index < -0.39 is 0 Å². The predicted molar refractivity (Wildman–Crippen MR) is 155 cm³/mol. The molecular formula is C30H41NP2. The second kappa shape index (κ2) is 13.9. The summed E-state index contributed by atoms with van der Waals surface area (Å²) < 4.78 is 0. The molecule has 0 saturated heterocycles. The standard InChI is InChI=1S/C30H41NP2/c1-5-22-32(23-6-2)29-20-14-12-18-27(29)31(26-16-10-9-11-17-26)28-19-13-15-21-30(28)33(24-7-3)25-8-4/h9-21H,5-8,22-25H2,1-4H3. The number of nitrogens with zero attached hydrogens (tertiary/aromatic N) is 1. The zero-order valence-electron chi connectivity index (χ0n) is 21.0. The van der Waals surface area contributed by atoms with E-state index >= 15 is 0 Å². The van der Waals surface area contributed by atoms with Crippen LogP contribution >= 0.6 is 15.8 Å². The monoisotopic (exact) mass is 477 g/mol. The van der Waals surface area contributed by atoms with Crippen molar-refractivity contribution in [3.8, 4) is 0 Å². The van der Waals surface area contributed by atoms with Crippen molar-refractivity contribution in [2.75, 3.05) is 29.5 Å². The molecule has 0 amide bonds. The highest BCUT2D eigenvalue weighted by molar-refractivity contribution is 7.66. The van der Waals surface area contributed by atoms with Gasteiger partial charge in [-0.25, -0.2) is 0 Å². The highest BCUT2D eigenvalue weighted by Crippen LogP contribution is 2.46. The summed E-state index contributed by atoms with van der Waals surface area (Å²) in [7, 11) is -0.329. The van der Waals surface area contributed by atoms with Gasteiger partial charge in [0, 0.05) is 5.69 Å². The Labute approximate surface area is 205 Å². The van der Waals surface area contributed by atoms with Gasteiger partial charge < -0.3 is 4.90 Å². The first kappa shape index (κ1) is 25.9. The lowest BCUT2D eigenvalue weighted by atomic mass is 10.2. The van der Waals surface area contributed by atoms with Gasteiger partial charge in [-0.15, -0.1) is 0 Å². The number of hydrogen-bond acceptors (Lipinski definition) is 1. The van der Waals surface area contributed by atoms with Gasteiger partial charge in [-0.05, 0) is 59.5 Å². The minimum atomic E-state index is -0.165. The average Bonchev–Trinajstić information content (AvgIpc) is 2.85. The van der Waals surface area contributed by atoms with Crippen LogP contribution in [0.1, 0.15) is 53.4 Å². The molecule has 0 N–H and O–H groups in total. The van der Waals surface area contributed by atoms with Gasteiger partial charge >= 0.3 is 0 Å². The van der Waals surface area contributed by atoms with E-state index in [1.54, 1.807) is 10.6 Å². The lowest BCUT2D eigenvalue weighted by Gasteiger charge is -2.33. The summed E-state index contributed by atoms with van der Waals surface area (Å²) in [6, 6.07) is 29.5. The van der Waals surface area contributed by atoms with Crippen molar-refractivity contribution in [3.05, 3.63) is 78.9 Å². The van der Waals surface area contributed by atoms with Crippen LogP contribution in [0.5, 0.6) is 0 Å². The van der Waals surface area contributed by atoms with Gasteiger partial charge in [0.25, 0.3) is 0 Å². The Morgan fingerprint density at radius 1 is 0.485 bits per heavy atom. The first-order valence-electron chi connectivity index (χ1n) is 12.8. The van der Waals surface area contributed by atoms with Gasteiger partial charge in [0.1, 0.15) is 0 Å². The Kier molecular flexibility index (Phi) is 10.9. The maximum Gasteiger partial charge on any atom is 0.0538 e. The molecule has 3 aromatic carbocycles. The van der Waals surface area contributed by atoms with Crippen molar-refractivity contribution < 1.29 is 0 Å². The van der Waals surface area contributed by atoms with Gasteiger partial charge in [-0.2, -0.15) is 0 Å². The van der Waals surface area contributed by atoms with Crippen LogP contribution in [-0.2, 0) is 0 Å². The van der Waals surface area contributed by atoms with Crippen molar-refractivity contribution in [2.45, 2.75) is 53.4 Å². The van der Waals surface area contributed by atoms with Gasteiger partial charge in [0.05, 0.1) is 11.4 Å². The lowest BCUT2D eigenvalue weighted by molar-refractivity contribution is 1.06. The normalized spacial score (nSPS) is 11.3. The third-order valence-electron chi connectivity index (χ3n) is 5.92. The van der Waals surface area contributed by atoms with Crippen LogP contribution < -0.4 is 15.5 Å². The molecule has 3 rings (SSSR count). The van der Waals surface area contributed by atoms with E-state index in [1.807, 2.05) is 0 Å². The molecule has 0 unspecified atom stereocenters. The van der Waals surface area contributed by atoms with Crippen molar-refractivity contribution in [1.82, 2.24) is 0 Å². The second-order valence-electron chi connectivity index (χ2n) is 8.62. The Hall–Kier alpha value is -1.68. The molecule has 0 atom stereocenters. The fraction of sp³-hybridized carbons (Fsp3) is 0.400. The summed E-state index contributed by atoms with van der Waals surface area (Å²) in [5.41, 5.74) is 4.03. The molecule has 0 bridgehead atoms. The second-order valence-corrected chi connectivity index (χ2v) is 13.5. The summed E-state index contributed by atoms with van der Waals surface area (Å²) in [4.78, 5) is 2.58. The van der Waals surface area contributed by atoms with E-state index in [0.717, 1.165) is 0 Å². The fourth-order valence-corrected chi connectivity index (χ4v) is 9.77. The van der Waals surface area contributed by atoms with Crippen molar-refractivity contribution in [2.24, 2.45) is 0 Å². The van der Waals surface area contributed by atoms with Gasteiger partial charge in [0.15, 0.2) is 0 Å². The van der Waals surface area contributed by atoms with Crippen molar-refractivity contribution in [1.29, 1.82) is 0 Å². The highest BCUT2D eigenvalue weighted by Gasteiger charge is 2.24. The van der Waals surface area contributed by atoms with E-state index in [4.69, 9.17) is 0 Å². The van der Waals surface area contributed by atoms with Gasteiger partial charge in [-0.3, -0.25) is 0 Å². The molecule has 33 heavy (non-hydrogen) atoms. The number of rotatable bonds is 13. The molecule has 0 aromatic heterocycles. The van der Waals surface area contributed by atoms with Crippen molar-refractivity contribution in [3.63, 3.8) is 0 Å². The molecule has 0 aliphatic rings.